The van der Waals surface area contributed by atoms with E-state index in [2.05, 4.69) is 15.1 Å². The fourth-order valence-electron chi connectivity index (χ4n) is 2.17. The molecule has 0 radical (unpaired) electrons. The molecule has 0 bridgehead atoms. The topological polar surface area (TPSA) is 69.4 Å². The van der Waals surface area contributed by atoms with Gasteiger partial charge in [-0.2, -0.15) is 0 Å². The van der Waals surface area contributed by atoms with Crippen molar-refractivity contribution < 1.29 is 9.53 Å². The highest BCUT2D eigenvalue weighted by Crippen LogP contribution is 2.25. The summed E-state index contributed by atoms with van der Waals surface area (Å²) >= 11 is 1.33. The first-order valence-corrected chi connectivity index (χ1v) is 8.04. The molecule has 1 aromatic carbocycles. The Balaban J connectivity index is 1.95. The van der Waals surface area contributed by atoms with Crippen molar-refractivity contribution in [3.63, 3.8) is 0 Å². The third kappa shape index (κ3) is 2.76. The molecule has 0 aliphatic rings. The molecule has 7 heteroatoms. The molecule has 6 nitrogen and oxygen atoms in total. The summed E-state index contributed by atoms with van der Waals surface area (Å²) in [4.78, 5) is 20.8. The second-order valence-electron chi connectivity index (χ2n) is 4.69. The van der Waals surface area contributed by atoms with Crippen LogP contribution in [0.2, 0.25) is 0 Å². The number of carbonyl (C=O) groups excluding carboxylic acids is 1. The van der Waals surface area contributed by atoms with Gasteiger partial charge in [0.05, 0.1) is 12.1 Å². The van der Waals surface area contributed by atoms with Gasteiger partial charge in [0.25, 0.3) is 0 Å². The van der Waals surface area contributed by atoms with Crippen LogP contribution in [0.15, 0.2) is 35.7 Å². The summed E-state index contributed by atoms with van der Waals surface area (Å²) in [6.45, 7) is 4.13. The molecule has 0 N–H and O–H groups in total. The van der Waals surface area contributed by atoms with Gasteiger partial charge in [0.2, 0.25) is 5.16 Å². The van der Waals surface area contributed by atoms with Gasteiger partial charge in [0, 0.05) is 5.39 Å². The van der Waals surface area contributed by atoms with Crippen molar-refractivity contribution in [3.8, 4) is 0 Å². The number of para-hydroxylation sites is 1. The number of benzene rings is 1. The summed E-state index contributed by atoms with van der Waals surface area (Å²) in [5, 5.41) is 5.59. The van der Waals surface area contributed by atoms with Crippen LogP contribution >= 0.6 is 11.8 Å². The molecule has 22 heavy (non-hydrogen) atoms. The molecular weight excluding hydrogens is 300 g/mol. The van der Waals surface area contributed by atoms with Crippen LogP contribution in [-0.2, 0) is 9.53 Å². The van der Waals surface area contributed by atoms with Crippen LogP contribution in [0, 0.1) is 0 Å². The van der Waals surface area contributed by atoms with Crippen molar-refractivity contribution in [1.82, 2.24) is 19.6 Å². The SMILES string of the molecule is CCOC(=O)[C@H](CC)Sc1nc2c3ccccc3ncn2n1. The maximum atomic E-state index is 11.9. The summed E-state index contributed by atoms with van der Waals surface area (Å²) in [5.74, 6) is -0.225. The Morgan fingerprint density at radius 3 is 2.95 bits per heavy atom. The van der Waals surface area contributed by atoms with Gasteiger partial charge < -0.3 is 4.74 Å². The lowest BCUT2D eigenvalue weighted by Gasteiger charge is -2.10. The zero-order valence-electron chi connectivity index (χ0n) is 12.4. The third-order valence-electron chi connectivity index (χ3n) is 3.23. The molecule has 0 saturated heterocycles. The van der Waals surface area contributed by atoms with E-state index in [4.69, 9.17) is 4.74 Å². The second-order valence-corrected chi connectivity index (χ2v) is 5.86. The molecule has 3 aromatic rings. The predicted octanol–water partition coefficient (Wildman–Crippen LogP) is 2.71. The minimum absolute atomic E-state index is 0.225. The Bertz CT molecular complexity index is 818. The average Bonchev–Trinajstić information content (AvgIpc) is 2.96. The summed E-state index contributed by atoms with van der Waals surface area (Å²) in [5.41, 5.74) is 1.61. The molecule has 0 spiro atoms. The van der Waals surface area contributed by atoms with Crippen molar-refractivity contribution in [2.75, 3.05) is 6.61 Å². The third-order valence-corrected chi connectivity index (χ3v) is 4.42. The van der Waals surface area contributed by atoms with Crippen LogP contribution in [-0.4, -0.2) is 37.4 Å². The Morgan fingerprint density at radius 2 is 2.18 bits per heavy atom. The first kappa shape index (κ1) is 14.8. The Hall–Kier alpha value is -2.15. The second kappa shape index (κ2) is 6.31. The van der Waals surface area contributed by atoms with Crippen LogP contribution in [0.4, 0.5) is 0 Å². The number of esters is 1. The molecule has 0 aliphatic heterocycles. The van der Waals surface area contributed by atoms with Crippen molar-refractivity contribution in [2.24, 2.45) is 0 Å². The van der Waals surface area contributed by atoms with Gasteiger partial charge in [-0.3, -0.25) is 4.79 Å². The van der Waals surface area contributed by atoms with Gasteiger partial charge in [0.1, 0.15) is 11.6 Å². The minimum atomic E-state index is -0.295. The Kier molecular flexibility index (Phi) is 4.24. The van der Waals surface area contributed by atoms with Crippen molar-refractivity contribution in [1.29, 1.82) is 0 Å². The fraction of sp³-hybridized carbons (Fsp3) is 0.333. The number of aromatic nitrogens is 4. The molecule has 0 fully saturated rings. The first-order valence-electron chi connectivity index (χ1n) is 7.16. The van der Waals surface area contributed by atoms with Crippen LogP contribution < -0.4 is 0 Å². The highest BCUT2D eigenvalue weighted by molar-refractivity contribution is 8.00. The molecular formula is C15H16N4O2S. The zero-order valence-corrected chi connectivity index (χ0v) is 13.2. The van der Waals surface area contributed by atoms with Crippen LogP contribution in [0.25, 0.3) is 16.6 Å². The summed E-state index contributed by atoms with van der Waals surface area (Å²) < 4.78 is 6.72. The fourth-order valence-corrected chi connectivity index (χ4v) is 3.03. The number of nitrogens with zero attached hydrogens (tertiary/aromatic N) is 4. The van der Waals surface area contributed by atoms with E-state index in [9.17, 15) is 4.79 Å². The van der Waals surface area contributed by atoms with E-state index in [1.165, 1.54) is 11.8 Å². The quantitative estimate of drug-likeness (QED) is 0.532. The number of hydrogen-bond acceptors (Lipinski definition) is 6. The molecule has 0 aliphatic carbocycles. The van der Waals surface area contributed by atoms with E-state index in [0.717, 1.165) is 16.6 Å². The van der Waals surface area contributed by atoms with Gasteiger partial charge in [-0.1, -0.05) is 30.8 Å². The van der Waals surface area contributed by atoms with Crippen LogP contribution in [0.1, 0.15) is 20.3 Å². The highest BCUT2D eigenvalue weighted by Gasteiger charge is 2.21. The maximum Gasteiger partial charge on any atom is 0.319 e. The van der Waals surface area contributed by atoms with Crippen LogP contribution in [0.5, 0.6) is 0 Å². The van der Waals surface area contributed by atoms with Gasteiger partial charge >= 0.3 is 5.97 Å². The number of hydrogen-bond donors (Lipinski definition) is 0. The molecule has 3 rings (SSSR count). The number of thioether (sulfide) groups is 1. The minimum Gasteiger partial charge on any atom is -0.465 e. The smallest absolute Gasteiger partial charge is 0.319 e. The van der Waals surface area contributed by atoms with E-state index in [0.29, 0.717) is 18.2 Å². The molecule has 0 unspecified atom stereocenters. The highest BCUT2D eigenvalue weighted by atomic mass is 32.2. The lowest BCUT2D eigenvalue weighted by Crippen LogP contribution is -2.19. The monoisotopic (exact) mass is 316 g/mol. The summed E-state index contributed by atoms with van der Waals surface area (Å²) in [7, 11) is 0. The van der Waals surface area contributed by atoms with E-state index in [1.807, 2.05) is 31.2 Å². The number of fused-ring (bicyclic) bond motifs is 3. The van der Waals surface area contributed by atoms with E-state index in [-0.39, 0.29) is 11.2 Å². The first-order chi connectivity index (χ1) is 10.7. The van der Waals surface area contributed by atoms with Gasteiger partial charge in [0.15, 0.2) is 5.65 Å². The largest absolute Gasteiger partial charge is 0.465 e. The maximum absolute atomic E-state index is 11.9. The summed E-state index contributed by atoms with van der Waals surface area (Å²) in [6, 6.07) is 7.78. The number of rotatable bonds is 5. The van der Waals surface area contributed by atoms with Crippen molar-refractivity contribution in [3.05, 3.63) is 30.6 Å². The van der Waals surface area contributed by atoms with Gasteiger partial charge in [-0.05, 0) is 25.5 Å². The standard InChI is InChI=1S/C15H16N4O2S/c1-3-12(14(20)21-4-2)22-15-17-13-10-7-5-6-8-11(10)16-9-19(13)18-15/h5-9,12H,3-4H2,1-2H3/t12-/m0/s1. The number of carbonyl (C=O) groups is 1. The Morgan fingerprint density at radius 1 is 1.36 bits per heavy atom. The zero-order chi connectivity index (χ0) is 15.5. The lowest BCUT2D eigenvalue weighted by atomic mass is 10.2. The van der Waals surface area contributed by atoms with Crippen molar-refractivity contribution >= 4 is 34.3 Å². The van der Waals surface area contributed by atoms with E-state index in [1.54, 1.807) is 17.8 Å². The number of ether oxygens (including phenoxy) is 1. The normalized spacial score (nSPS) is 12.6. The van der Waals surface area contributed by atoms with Crippen molar-refractivity contribution in [2.45, 2.75) is 30.7 Å². The van der Waals surface area contributed by atoms with Crippen LogP contribution in [0.3, 0.4) is 0 Å². The average molecular weight is 316 g/mol. The molecule has 2 aromatic heterocycles. The molecule has 0 amide bonds. The Labute approximate surface area is 131 Å². The van der Waals surface area contributed by atoms with E-state index < -0.39 is 0 Å². The van der Waals surface area contributed by atoms with E-state index >= 15 is 0 Å². The van der Waals surface area contributed by atoms with Gasteiger partial charge in [-0.25, -0.2) is 14.5 Å². The lowest BCUT2D eigenvalue weighted by molar-refractivity contribution is -0.142. The predicted molar refractivity (Wildman–Crippen MR) is 84.9 cm³/mol. The molecule has 1 atom stereocenters. The van der Waals surface area contributed by atoms with Gasteiger partial charge in [-0.15, -0.1) is 5.10 Å². The molecule has 114 valence electrons. The molecule has 2 heterocycles. The summed E-state index contributed by atoms with van der Waals surface area (Å²) in [6.07, 6.45) is 2.30. The molecule has 0 saturated carbocycles.